The minimum Gasteiger partial charge on any atom is -0.495 e. The molecule has 0 spiro atoms. The zero-order valence-electron chi connectivity index (χ0n) is 12.0. The number of alkyl halides is 2. The summed E-state index contributed by atoms with van der Waals surface area (Å²) in [7, 11) is 1.49. The van der Waals surface area contributed by atoms with Crippen LogP contribution in [0.15, 0.2) is 41.6 Å². The Morgan fingerprint density at radius 2 is 2.14 bits per heavy atom. The van der Waals surface area contributed by atoms with Crippen LogP contribution < -0.4 is 10.1 Å². The molecule has 0 atom stereocenters. The topological polar surface area (TPSA) is 51.2 Å². The monoisotopic (exact) mass is 324 g/mol. The molecule has 0 aliphatic heterocycles. The normalized spacial score (nSPS) is 10.6. The molecular weight excluding hydrogens is 310 g/mol. The molecule has 1 N–H and O–H groups in total. The number of aromatic nitrogens is 1. The Kier molecular flexibility index (Phi) is 5.32. The van der Waals surface area contributed by atoms with Crippen LogP contribution in [0, 0.1) is 6.92 Å². The van der Waals surface area contributed by atoms with Crippen molar-refractivity contribution in [2.24, 2.45) is 0 Å². The fourth-order valence-corrected chi connectivity index (χ4v) is 2.43. The minimum atomic E-state index is -2.64. The van der Waals surface area contributed by atoms with Crippen LogP contribution in [0.5, 0.6) is 5.75 Å². The Labute approximate surface area is 130 Å². The number of thioether (sulfide) groups is 1. The van der Waals surface area contributed by atoms with Crippen molar-refractivity contribution in [3.8, 4) is 5.75 Å². The highest BCUT2D eigenvalue weighted by atomic mass is 32.2. The van der Waals surface area contributed by atoms with E-state index in [1.54, 1.807) is 12.1 Å². The Hall–Kier alpha value is -2.15. The van der Waals surface area contributed by atoms with E-state index in [4.69, 9.17) is 4.74 Å². The molecule has 116 valence electrons. The number of rotatable bonds is 5. The number of nitrogens with one attached hydrogen (secondary N) is 1. The maximum absolute atomic E-state index is 12.5. The first kappa shape index (κ1) is 16.2. The molecule has 0 saturated heterocycles. The third-order valence-electron chi connectivity index (χ3n) is 2.82. The van der Waals surface area contributed by atoms with Gasteiger partial charge in [0.2, 0.25) is 0 Å². The lowest BCUT2D eigenvalue weighted by molar-refractivity contribution is 0.102. The quantitative estimate of drug-likeness (QED) is 0.846. The highest BCUT2D eigenvalue weighted by molar-refractivity contribution is 7.99. The van der Waals surface area contributed by atoms with Crippen molar-refractivity contribution in [1.82, 2.24) is 4.98 Å². The molecule has 1 aromatic heterocycles. The molecule has 0 bridgehead atoms. The summed E-state index contributed by atoms with van der Waals surface area (Å²) in [6.07, 6.45) is 1.37. The summed E-state index contributed by atoms with van der Waals surface area (Å²) in [5.41, 5.74) is 1.50. The first-order valence-electron chi connectivity index (χ1n) is 6.37. The van der Waals surface area contributed by atoms with Crippen molar-refractivity contribution in [3.63, 3.8) is 0 Å². The van der Waals surface area contributed by atoms with Gasteiger partial charge in [0.05, 0.1) is 18.4 Å². The van der Waals surface area contributed by atoms with E-state index in [0.29, 0.717) is 11.4 Å². The number of amides is 1. The number of methoxy groups -OCH3 is 1. The van der Waals surface area contributed by atoms with Crippen LogP contribution in [0.4, 0.5) is 14.5 Å². The molecule has 2 aromatic rings. The molecule has 0 aliphatic rings. The van der Waals surface area contributed by atoms with Gasteiger partial charge in [0, 0.05) is 6.20 Å². The Morgan fingerprint density at radius 1 is 1.36 bits per heavy atom. The van der Waals surface area contributed by atoms with E-state index in [0.717, 1.165) is 5.56 Å². The van der Waals surface area contributed by atoms with Crippen LogP contribution in [-0.4, -0.2) is 23.8 Å². The van der Waals surface area contributed by atoms with Crippen molar-refractivity contribution in [2.75, 3.05) is 12.4 Å². The molecule has 22 heavy (non-hydrogen) atoms. The molecule has 7 heteroatoms. The van der Waals surface area contributed by atoms with E-state index in [1.807, 2.05) is 13.0 Å². The second-order valence-corrected chi connectivity index (χ2v) is 5.37. The van der Waals surface area contributed by atoms with Gasteiger partial charge >= 0.3 is 0 Å². The van der Waals surface area contributed by atoms with E-state index in [2.05, 4.69) is 10.3 Å². The van der Waals surface area contributed by atoms with E-state index < -0.39 is 11.7 Å². The first-order valence-corrected chi connectivity index (χ1v) is 7.25. The maximum Gasteiger partial charge on any atom is 0.290 e. The molecule has 0 unspecified atom stereocenters. The van der Waals surface area contributed by atoms with Gasteiger partial charge in [-0.1, -0.05) is 6.07 Å². The molecule has 0 aliphatic carbocycles. The fourth-order valence-electron chi connectivity index (χ4n) is 1.85. The standard InChI is InChI=1S/C15H14F2N2O2S/c1-9-5-6-12(21-2)11(8-9)19-13(20)10-4-3-7-18-14(10)22-15(16)17/h3-8,15H,1-2H3,(H,19,20). The average molecular weight is 324 g/mol. The summed E-state index contributed by atoms with van der Waals surface area (Å²) in [5.74, 6) is -2.67. The molecule has 1 aromatic carbocycles. The summed E-state index contributed by atoms with van der Waals surface area (Å²) >= 11 is 0.241. The summed E-state index contributed by atoms with van der Waals surface area (Å²) < 4.78 is 30.2. The number of anilines is 1. The summed E-state index contributed by atoms with van der Waals surface area (Å²) in [4.78, 5) is 16.2. The molecule has 1 heterocycles. The Morgan fingerprint density at radius 3 is 2.82 bits per heavy atom. The van der Waals surface area contributed by atoms with Crippen LogP contribution in [0.1, 0.15) is 15.9 Å². The number of nitrogens with zero attached hydrogens (tertiary/aromatic N) is 1. The summed E-state index contributed by atoms with van der Waals surface area (Å²) in [6.45, 7) is 1.87. The predicted octanol–water partition coefficient (Wildman–Crippen LogP) is 3.97. The number of carbonyl (C=O) groups is 1. The van der Waals surface area contributed by atoms with Gasteiger partial charge in [0.15, 0.2) is 0 Å². The van der Waals surface area contributed by atoms with Gasteiger partial charge < -0.3 is 10.1 Å². The van der Waals surface area contributed by atoms with E-state index in [9.17, 15) is 13.6 Å². The Balaban J connectivity index is 2.28. The highest BCUT2D eigenvalue weighted by Gasteiger charge is 2.17. The van der Waals surface area contributed by atoms with Gasteiger partial charge in [-0.2, -0.15) is 8.78 Å². The van der Waals surface area contributed by atoms with Crippen molar-refractivity contribution in [3.05, 3.63) is 47.7 Å². The largest absolute Gasteiger partial charge is 0.495 e. The molecule has 0 radical (unpaired) electrons. The maximum atomic E-state index is 12.5. The summed E-state index contributed by atoms with van der Waals surface area (Å²) in [6, 6.07) is 8.29. The lowest BCUT2D eigenvalue weighted by Gasteiger charge is -2.12. The number of halogens is 2. The molecule has 0 saturated carbocycles. The van der Waals surface area contributed by atoms with Crippen molar-refractivity contribution >= 4 is 23.4 Å². The number of benzene rings is 1. The van der Waals surface area contributed by atoms with Crippen LogP contribution in [-0.2, 0) is 0 Å². The minimum absolute atomic E-state index is 0.0124. The van der Waals surface area contributed by atoms with Gasteiger partial charge in [-0.25, -0.2) is 4.98 Å². The summed E-state index contributed by atoms with van der Waals surface area (Å²) in [5, 5.41) is 2.66. The van der Waals surface area contributed by atoms with Gasteiger partial charge in [0.1, 0.15) is 10.8 Å². The van der Waals surface area contributed by atoms with E-state index in [1.165, 1.54) is 25.4 Å². The Bertz CT molecular complexity index is 680. The predicted molar refractivity (Wildman–Crippen MR) is 81.8 cm³/mol. The van der Waals surface area contributed by atoms with Crippen molar-refractivity contribution in [2.45, 2.75) is 17.7 Å². The van der Waals surface area contributed by atoms with Crippen LogP contribution in [0.3, 0.4) is 0 Å². The van der Waals surface area contributed by atoms with Gasteiger partial charge in [-0.3, -0.25) is 4.79 Å². The SMILES string of the molecule is COc1ccc(C)cc1NC(=O)c1cccnc1SC(F)F. The zero-order valence-corrected chi connectivity index (χ0v) is 12.8. The third kappa shape index (κ3) is 3.94. The number of ether oxygens (including phenoxy) is 1. The van der Waals surface area contributed by atoms with Crippen LogP contribution >= 0.6 is 11.8 Å². The number of hydrogen-bond acceptors (Lipinski definition) is 4. The lowest BCUT2D eigenvalue weighted by atomic mass is 10.2. The van der Waals surface area contributed by atoms with Crippen molar-refractivity contribution < 1.29 is 18.3 Å². The van der Waals surface area contributed by atoms with Gasteiger partial charge in [-0.05, 0) is 48.5 Å². The first-order chi connectivity index (χ1) is 10.5. The number of pyridine rings is 1. The number of carbonyl (C=O) groups excluding carboxylic acids is 1. The molecule has 1 amide bonds. The molecular formula is C15H14F2N2O2S. The van der Waals surface area contributed by atoms with E-state index >= 15 is 0 Å². The average Bonchev–Trinajstić information content (AvgIpc) is 2.47. The second-order valence-electron chi connectivity index (χ2n) is 4.39. The molecule has 2 rings (SSSR count). The van der Waals surface area contributed by atoms with Gasteiger partial charge in [-0.15, -0.1) is 0 Å². The number of aryl methyl sites for hydroxylation is 1. The second kappa shape index (κ2) is 7.22. The third-order valence-corrected chi connectivity index (χ3v) is 3.55. The molecule has 4 nitrogen and oxygen atoms in total. The smallest absolute Gasteiger partial charge is 0.290 e. The van der Waals surface area contributed by atoms with Crippen molar-refractivity contribution in [1.29, 1.82) is 0 Å². The lowest BCUT2D eigenvalue weighted by Crippen LogP contribution is -2.14. The van der Waals surface area contributed by atoms with E-state index in [-0.39, 0.29) is 22.4 Å². The fraction of sp³-hybridized carbons (Fsp3) is 0.200. The van der Waals surface area contributed by atoms with Crippen LogP contribution in [0.25, 0.3) is 0 Å². The van der Waals surface area contributed by atoms with Crippen LogP contribution in [0.2, 0.25) is 0 Å². The number of hydrogen-bond donors (Lipinski definition) is 1. The zero-order chi connectivity index (χ0) is 16.1. The van der Waals surface area contributed by atoms with Gasteiger partial charge in [0.25, 0.3) is 11.7 Å². The highest BCUT2D eigenvalue weighted by Crippen LogP contribution is 2.29. The molecule has 0 fully saturated rings.